The Morgan fingerprint density at radius 1 is 1.71 bits per heavy atom. The second-order valence-corrected chi connectivity index (χ2v) is 4.05. The fourth-order valence-electron chi connectivity index (χ4n) is 1.59. The second-order valence-electron chi connectivity index (χ2n) is 4.05. The van der Waals surface area contributed by atoms with Crippen LogP contribution in [0.1, 0.15) is 26.2 Å². The van der Waals surface area contributed by atoms with E-state index < -0.39 is 0 Å². The highest BCUT2D eigenvalue weighted by atomic mass is 16.5. The molecule has 1 aliphatic rings. The minimum Gasteiger partial charge on any atom is -0.381 e. The molecule has 3 N–H and O–H groups in total. The minimum atomic E-state index is -0.0511. The van der Waals surface area contributed by atoms with E-state index in [0.29, 0.717) is 12.3 Å². The van der Waals surface area contributed by atoms with Gasteiger partial charge in [-0.2, -0.15) is 0 Å². The van der Waals surface area contributed by atoms with Crippen molar-refractivity contribution in [1.29, 1.82) is 0 Å². The Morgan fingerprint density at radius 3 is 3.07 bits per heavy atom. The molecule has 0 spiro atoms. The molecule has 1 heterocycles. The maximum atomic E-state index is 11.2. The van der Waals surface area contributed by atoms with Crippen molar-refractivity contribution in [3.63, 3.8) is 0 Å². The molecule has 0 aromatic carbocycles. The van der Waals surface area contributed by atoms with Gasteiger partial charge in [0.1, 0.15) is 0 Å². The molecule has 4 heteroatoms. The van der Waals surface area contributed by atoms with E-state index in [4.69, 9.17) is 10.5 Å². The fourth-order valence-corrected chi connectivity index (χ4v) is 1.59. The van der Waals surface area contributed by atoms with Gasteiger partial charge in [-0.25, -0.2) is 0 Å². The van der Waals surface area contributed by atoms with Crippen molar-refractivity contribution in [2.45, 2.75) is 32.2 Å². The van der Waals surface area contributed by atoms with E-state index in [0.717, 1.165) is 32.6 Å². The predicted molar refractivity (Wildman–Crippen MR) is 54.8 cm³/mol. The van der Waals surface area contributed by atoms with Crippen LogP contribution in [0.5, 0.6) is 0 Å². The second kappa shape index (κ2) is 5.98. The first-order valence-electron chi connectivity index (χ1n) is 5.28. The Bertz CT molecular complexity index is 177. The highest BCUT2D eigenvalue weighted by Crippen LogP contribution is 2.15. The van der Waals surface area contributed by atoms with Gasteiger partial charge in [-0.1, -0.05) is 0 Å². The molecule has 0 aliphatic carbocycles. The Balaban J connectivity index is 1.99. The van der Waals surface area contributed by atoms with Crippen molar-refractivity contribution in [1.82, 2.24) is 5.32 Å². The normalized spacial score (nSPS) is 23.4. The average Bonchev–Trinajstić information content (AvgIpc) is 2.55. The van der Waals surface area contributed by atoms with Crippen LogP contribution in [0.25, 0.3) is 0 Å². The summed E-state index contributed by atoms with van der Waals surface area (Å²) in [7, 11) is 0. The number of ether oxygens (including phenoxy) is 1. The van der Waals surface area contributed by atoms with Gasteiger partial charge in [-0.15, -0.1) is 0 Å². The van der Waals surface area contributed by atoms with Crippen LogP contribution < -0.4 is 11.1 Å². The molecular formula is C10H20N2O2. The van der Waals surface area contributed by atoms with Gasteiger partial charge in [0.05, 0.1) is 0 Å². The number of rotatable bonds is 5. The summed E-state index contributed by atoms with van der Waals surface area (Å²) in [5, 5.41) is 2.87. The van der Waals surface area contributed by atoms with E-state index in [1.807, 2.05) is 6.92 Å². The SMILES string of the molecule is CC(N)CC(=O)NCCC1CCOC1. The molecule has 1 saturated heterocycles. The van der Waals surface area contributed by atoms with Crippen LogP contribution in [0.4, 0.5) is 0 Å². The van der Waals surface area contributed by atoms with Crippen LogP contribution in [-0.2, 0) is 9.53 Å². The number of carbonyl (C=O) groups excluding carboxylic acids is 1. The van der Waals surface area contributed by atoms with Crippen LogP contribution in [0.2, 0.25) is 0 Å². The van der Waals surface area contributed by atoms with Crippen molar-refractivity contribution in [2.24, 2.45) is 11.7 Å². The standard InChI is InChI=1S/C10H20N2O2/c1-8(11)6-10(13)12-4-2-9-3-5-14-7-9/h8-9H,2-7,11H2,1H3,(H,12,13). The minimum absolute atomic E-state index is 0.0511. The molecule has 1 fully saturated rings. The molecular weight excluding hydrogens is 180 g/mol. The van der Waals surface area contributed by atoms with E-state index in [1.54, 1.807) is 0 Å². The van der Waals surface area contributed by atoms with E-state index in [-0.39, 0.29) is 11.9 Å². The van der Waals surface area contributed by atoms with Crippen molar-refractivity contribution >= 4 is 5.91 Å². The third-order valence-corrected chi connectivity index (χ3v) is 2.41. The third-order valence-electron chi connectivity index (χ3n) is 2.41. The third kappa shape index (κ3) is 4.58. The summed E-state index contributed by atoms with van der Waals surface area (Å²) in [5.74, 6) is 0.685. The van der Waals surface area contributed by atoms with Gasteiger partial charge in [0.15, 0.2) is 0 Å². The maximum Gasteiger partial charge on any atom is 0.221 e. The highest BCUT2D eigenvalue weighted by Gasteiger charge is 2.15. The lowest BCUT2D eigenvalue weighted by Crippen LogP contribution is -2.31. The van der Waals surface area contributed by atoms with E-state index in [1.165, 1.54) is 0 Å². The van der Waals surface area contributed by atoms with Crippen LogP contribution in [0.3, 0.4) is 0 Å². The Kier molecular flexibility index (Phi) is 4.90. The average molecular weight is 200 g/mol. The van der Waals surface area contributed by atoms with Crippen LogP contribution in [-0.4, -0.2) is 31.7 Å². The van der Waals surface area contributed by atoms with E-state index >= 15 is 0 Å². The molecule has 2 unspecified atom stereocenters. The van der Waals surface area contributed by atoms with Gasteiger partial charge in [0.2, 0.25) is 5.91 Å². The Hall–Kier alpha value is -0.610. The lowest BCUT2D eigenvalue weighted by molar-refractivity contribution is -0.121. The summed E-state index contributed by atoms with van der Waals surface area (Å²) < 4.78 is 5.25. The lowest BCUT2D eigenvalue weighted by atomic mass is 10.1. The summed E-state index contributed by atoms with van der Waals surface area (Å²) in [6.07, 6.45) is 2.56. The van der Waals surface area contributed by atoms with Gasteiger partial charge in [0.25, 0.3) is 0 Å². The largest absolute Gasteiger partial charge is 0.381 e. The Morgan fingerprint density at radius 2 is 2.50 bits per heavy atom. The van der Waals surface area contributed by atoms with Crippen molar-refractivity contribution < 1.29 is 9.53 Å². The first kappa shape index (κ1) is 11.5. The zero-order valence-corrected chi connectivity index (χ0v) is 8.79. The number of nitrogens with one attached hydrogen (secondary N) is 1. The lowest BCUT2D eigenvalue weighted by Gasteiger charge is -2.09. The van der Waals surface area contributed by atoms with Crippen molar-refractivity contribution in [2.75, 3.05) is 19.8 Å². The number of amides is 1. The molecule has 0 radical (unpaired) electrons. The van der Waals surface area contributed by atoms with Crippen LogP contribution in [0, 0.1) is 5.92 Å². The molecule has 0 aromatic rings. The zero-order chi connectivity index (χ0) is 10.4. The summed E-state index contributed by atoms with van der Waals surface area (Å²) >= 11 is 0. The number of hydrogen-bond acceptors (Lipinski definition) is 3. The molecule has 2 atom stereocenters. The first-order valence-corrected chi connectivity index (χ1v) is 5.28. The number of hydrogen-bond donors (Lipinski definition) is 2. The van der Waals surface area contributed by atoms with Crippen molar-refractivity contribution in [3.05, 3.63) is 0 Å². The topological polar surface area (TPSA) is 64.4 Å². The van der Waals surface area contributed by atoms with Gasteiger partial charge < -0.3 is 15.8 Å². The number of nitrogens with two attached hydrogens (primary N) is 1. The highest BCUT2D eigenvalue weighted by molar-refractivity contribution is 5.76. The van der Waals surface area contributed by atoms with E-state index in [9.17, 15) is 4.79 Å². The van der Waals surface area contributed by atoms with Gasteiger partial charge in [-0.05, 0) is 25.7 Å². The summed E-state index contributed by atoms with van der Waals surface area (Å²) in [6, 6.07) is -0.0511. The smallest absolute Gasteiger partial charge is 0.221 e. The summed E-state index contributed by atoms with van der Waals surface area (Å²) in [5.41, 5.74) is 5.51. The molecule has 1 amide bonds. The Labute approximate surface area is 85.2 Å². The van der Waals surface area contributed by atoms with E-state index in [2.05, 4.69) is 5.32 Å². The van der Waals surface area contributed by atoms with Crippen LogP contribution in [0.15, 0.2) is 0 Å². The van der Waals surface area contributed by atoms with Gasteiger partial charge >= 0.3 is 0 Å². The molecule has 82 valence electrons. The molecule has 0 bridgehead atoms. The summed E-state index contributed by atoms with van der Waals surface area (Å²) in [6.45, 7) is 4.31. The first-order chi connectivity index (χ1) is 6.68. The molecule has 1 aliphatic heterocycles. The number of carbonyl (C=O) groups is 1. The molecule has 0 aromatic heterocycles. The molecule has 1 rings (SSSR count). The monoisotopic (exact) mass is 200 g/mol. The fraction of sp³-hybridized carbons (Fsp3) is 0.900. The zero-order valence-electron chi connectivity index (χ0n) is 8.79. The maximum absolute atomic E-state index is 11.2. The molecule has 0 saturated carbocycles. The quantitative estimate of drug-likeness (QED) is 0.669. The summed E-state index contributed by atoms with van der Waals surface area (Å²) in [4.78, 5) is 11.2. The van der Waals surface area contributed by atoms with Gasteiger partial charge in [-0.3, -0.25) is 4.79 Å². The predicted octanol–water partition coefficient (Wildman–Crippen LogP) is 0.267. The molecule has 14 heavy (non-hydrogen) atoms. The van der Waals surface area contributed by atoms with Gasteiger partial charge in [0, 0.05) is 32.2 Å². The molecule has 4 nitrogen and oxygen atoms in total. The van der Waals surface area contributed by atoms with Crippen LogP contribution >= 0.6 is 0 Å². The van der Waals surface area contributed by atoms with Crippen molar-refractivity contribution in [3.8, 4) is 0 Å².